The Morgan fingerprint density at radius 3 is 2.65 bits per heavy atom. The summed E-state index contributed by atoms with van der Waals surface area (Å²) in [6.07, 6.45) is -5.58. The number of aliphatic hydroxyl groups is 1. The minimum atomic E-state index is -4.65. The summed E-state index contributed by atoms with van der Waals surface area (Å²) < 4.78 is 42.1. The van der Waals surface area contributed by atoms with Crippen LogP contribution in [0.25, 0.3) is 0 Å². The van der Waals surface area contributed by atoms with E-state index < -0.39 is 28.5 Å². The van der Waals surface area contributed by atoms with Crippen LogP contribution in [0.15, 0.2) is 18.2 Å². The number of nitrogens with zero attached hydrogens (tertiary/aromatic N) is 1. The van der Waals surface area contributed by atoms with E-state index in [0.717, 1.165) is 12.1 Å². The van der Waals surface area contributed by atoms with E-state index >= 15 is 0 Å². The number of nitro benzene ring substituents is 1. The number of rotatable bonds is 6. The average Bonchev–Trinajstić information content (AvgIpc) is 2.35. The molecule has 0 bridgehead atoms. The van der Waals surface area contributed by atoms with Crippen LogP contribution in [0.3, 0.4) is 0 Å². The van der Waals surface area contributed by atoms with Gasteiger partial charge < -0.3 is 15.2 Å². The fourth-order valence-electron chi connectivity index (χ4n) is 1.49. The second-order valence-corrected chi connectivity index (χ2v) is 3.98. The van der Waals surface area contributed by atoms with Gasteiger partial charge in [0.1, 0.15) is 5.69 Å². The van der Waals surface area contributed by atoms with Crippen molar-refractivity contribution in [2.45, 2.75) is 12.3 Å². The number of alkyl halides is 3. The second kappa shape index (κ2) is 6.53. The Kier molecular flexibility index (Phi) is 5.28. The lowest BCUT2D eigenvalue weighted by Crippen LogP contribution is -2.24. The van der Waals surface area contributed by atoms with E-state index in [0.29, 0.717) is 6.07 Å². The first-order chi connectivity index (χ1) is 9.25. The van der Waals surface area contributed by atoms with Gasteiger partial charge in [0, 0.05) is 19.7 Å². The molecule has 0 aliphatic heterocycles. The fourth-order valence-corrected chi connectivity index (χ4v) is 1.49. The summed E-state index contributed by atoms with van der Waals surface area (Å²) >= 11 is 0. The van der Waals surface area contributed by atoms with Crippen molar-refractivity contribution < 1.29 is 27.9 Å². The van der Waals surface area contributed by atoms with E-state index in [1.807, 2.05) is 0 Å². The van der Waals surface area contributed by atoms with Gasteiger partial charge in [-0.05, 0) is 12.1 Å². The first-order valence-electron chi connectivity index (χ1n) is 5.52. The Labute approximate surface area is 112 Å². The number of halogens is 3. The molecular weight excluding hydrogens is 281 g/mol. The third kappa shape index (κ3) is 4.35. The Morgan fingerprint density at radius 2 is 2.15 bits per heavy atom. The number of aliphatic hydroxyl groups excluding tert-OH is 1. The predicted molar refractivity (Wildman–Crippen MR) is 64.5 cm³/mol. The molecule has 0 heterocycles. The molecule has 0 aliphatic rings. The molecule has 0 amide bonds. The topological polar surface area (TPSA) is 84.6 Å². The summed E-state index contributed by atoms with van der Waals surface area (Å²) in [5.41, 5.74) is -1.91. The SMILES string of the molecule is COCC(O)CNc1ccc(C(F)(F)F)cc1[N+](=O)[O-]. The molecule has 2 N–H and O–H groups in total. The standard InChI is InChI=1S/C11H13F3N2O4/c1-20-6-8(17)5-15-9-3-2-7(11(12,13)14)4-10(9)16(18)19/h2-4,8,15,17H,5-6H2,1H3. The molecule has 1 aromatic carbocycles. The van der Waals surface area contributed by atoms with Gasteiger partial charge in [-0.25, -0.2) is 0 Å². The highest BCUT2D eigenvalue weighted by atomic mass is 19.4. The van der Waals surface area contributed by atoms with Gasteiger partial charge in [-0.15, -0.1) is 0 Å². The molecule has 1 aromatic rings. The van der Waals surface area contributed by atoms with Crippen molar-refractivity contribution in [3.8, 4) is 0 Å². The molecule has 9 heteroatoms. The van der Waals surface area contributed by atoms with Gasteiger partial charge in [-0.1, -0.05) is 0 Å². The second-order valence-electron chi connectivity index (χ2n) is 3.98. The normalized spacial score (nSPS) is 13.1. The predicted octanol–water partition coefficient (Wildman–Crippen LogP) is 2.03. The fraction of sp³-hybridized carbons (Fsp3) is 0.455. The maximum Gasteiger partial charge on any atom is 0.416 e. The zero-order valence-electron chi connectivity index (χ0n) is 10.5. The van der Waals surface area contributed by atoms with E-state index in [1.165, 1.54) is 7.11 Å². The zero-order valence-corrected chi connectivity index (χ0v) is 10.5. The first-order valence-corrected chi connectivity index (χ1v) is 5.52. The molecule has 0 aromatic heterocycles. The average molecular weight is 294 g/mol. The highest BCUT2D eigenvalue weighted by Crippen LogP contribution is 2.34. The van der Waals surface area contributed by atoms with Crippen LogP contribution in [-0.2, 0) is 10.9 Å². The molecule has 20 heavy (non-hydrogen) atoms. The summed E-state index contributed by atoms with van der Waals surface area (Å²) in [5, 5.41) is 22.7. The molecule has 1 atom stereocenters. The van der Waals surface area contributed by atoms with Crippen molar-refractivity contribution in [1.82, 2.24) is 0 Å². The van der Waals surface area contributed by atoms with Crippen LogP contribution in [0.1, 0.15) is 5.56 Å². The van der Waals surface area contributed by atoms with E-state index in [4.69, 9.17) is 0 Å². The highest BCUT2D eigenvalue weighted by molar-refractivity contribution is 5.63. The maximum atomic E-state index is 12.5. The van der Waals surface area contributed by atoms with Crippen molar-refractivity contribution in [1.29, 1.82) is 0 Å². The largest absolute Gasteiger partial charge is 0.416 e. The quantitative estimate of drug-likeness (QED) is 0.619. The minimum absolute atomic E-state index is 0.00142. The van der Waals surface area contributed by atoms with Crippen molar-refractivity contribution in [3.05, 3.63) is 33.9 Å². The number of anilines is 1. The van der Waals surface area contributed by atoms with Gasteiger partial charge >= 0.3 is 6.18 Å². The Hall–Kier alpha value is -1.87. The van der Waals surface area contributed by atoms with Crippen LogP contribution >= 0.6 is 0 Å². The highest BCUT2D eigenvalue weighted by Gasteiger charge is 2.33. The summed E-state index contributed by atoms with van der Waals surface area (Å²) in [4.78, 5) is 9.87. The Balaban J connectivity index is 2.94. The van der Waals surface area contributed by atoms with Crippen molar-refractivity contribution in [3.63, 3.8) is 0 Å². The third-order valence-corrected chi connectivity index (χ3v) is 2.41. The lowest BCUT2D eigenvalue weighted by molar-refractivity contribution is -0.384. The third-order valence-electron chi connectivity index (χ3n) is 2.41. The van der Waals surface area contributed by atoms with Crippen LogP contribution in [-0.4, -0.2) is 36.4 Å². The summed E-state index contributed by atoms with van der Waals surface area (Å²) in [6, 6.07) is 2.14. The molecule has 0 radical (unpaired) electrons. The van der Waals surface area contributed by atoms with E-state index in [-0.39, 0.29) is 18.8 Å². The smallest absolute Gasteiger partial charge is 0.389 e. The summed E-state index contributed by atoms with van der Waals surface area (Å²) in [7, 11) is 1.36. The Bertz CT molecular complexity index is 479. The number of ether oxygens (including phenoxy) is 1. The van der Waals surface area contributed by atoms with Gasteiger partial charge in [0.25, 0.3) is 5.69 Å². The van der Waals surface area contributed by atoms with E-state index in [9.17, 15) is 28.4 Å². The van der Waals surface area contributed by atoms with Crippen LogP contribution in [0.5, 0.6) is 0 Å². The van der Waals surface area contributed by atoms with Crippen LogP contribution < -0.4 is 5.32 Å². The number of hydrogen-bond donors (Lipinski definition) is 2. The molecule has 6 nitrogen and oxygen atoms in total. The number of hydrogen-bond acceptors (Lipinski definition) is 5. The number of methoxy groups -OCH3 is 1. The molecule has 0 aliphatic carbocycles. The maximum absolute atomic E-state index is 12.5. The minimum Gasteiger partial charge on any atom is -0.389 e. The Morgan fingerprint density at radius 1 is 1.50 bits per heavy atom. The molecule has 1 rings (SSSR count). The van der Waals surface area contributed by atoms with Crippen molar-refractivity contribution in [2.24, 2.45) is 0 Å². The number of nitrogens with one attached hydrogen (secondary N) is 1. The zero-order chi connectivity index (χ0) is 15.3. The summed E-state index contributed by atoms with van der Waals surface area (Å²) in [5.74, 6) is 0. The van der Waals surface area contributed by atoms with Crippen molar-refractivity contribution >= 4 is 11.4 Å². The van der Waals surface area contributed by atoms with Gasteiger partial charge in [0.05, 0.1) is 23.2 Å². The van der Waals surface area contributed by atoms with Crippen LogP contribution in [0.4, 0.5) is 24.5 Å². The van der Waals surface area contributed by atoms with Crippen LogP contribution in [0, 0.1) is 10.1 Å². The molecule has 0 saturated carbocycles. The van der Waals surface area contributed by atoms with Crippen molar-refractivity contribution in [2.75, 3.05) is 25.6 Å². The van der Waals surface area contributed by atoms with E-state index in [2.05, 4.69) is 10.1 Å². The molecule has 0 spiro atoms. The molecule has 1 unspecified atom stereocenters. The van der Waals surface area contributed by atoms with Gasteiger partial charge in [0.2, 0.25) is 0 Å². The lowest BCUT2D eigenvalue weighted by Gasteiger charge is -2.13. The number of nitro groups is 1. The monoisotopic (exact) mass is 294 g/mol. The summed E-state index contributed by atoms with van der Waals surface area (Å²) in [6.45, 7) is -0.0819. The molecular formula is C11H13F3N2O4. The first kappa shape index (κ1) is 16.2. The molecule has 0 saturated heterocycles. The molecule has 0 fully saturated rings. The van der Waals surface area contributed by atoms with Gasteiger partial charge in [0.15, 0.2) is 0 Å². The van der Waals surface area contributed by atoms with E-state index in [1.54, 1.807) is 0 Å². The number of benzene rings is 1. The van der Waals surface area contributed by atoms with Crippen LogP contribution in [0.2, 0.25) is 0 Å². The molecule has 112 valence electrons. The van der Waals surface area contributed by atoms with Gasteiger partial charge in [-0.2, -0.15) is 13.2 Å². The van der Waals surface area contributed by atoms with Gasteiger partial charge in [-0.3, -0.25) is 10.1 Å². The lowest BCUT2D eigenvalue weighted by atomic mass is 10.1.